The molecule has 0 radical (unpaired) electrons. The molecule has 5 heteroatoms. The lowest BCUT2D eigenvalue weighted by Crippen LogP contribution is -2.08. The number of carbonyl (C=O) groups excluding carboxylic acids is 1. The van der Waals surface area contributed by atoms with Crippen LogP contribution in [0, 0.1) is 0 Å². The van der Waals surface area contributed by atoms with E-state index >= 15 is 0 Å². The van der Waals surface area contributed by atoms with Gasteiger partial charge < -0.3 is 0 Å². The van der Waals surface area contributed by atoms with E-state index in [9.17, 15) is 18.0 Å². The van der Waals surface area contributed by atoms with Gasteiger partial charge in [0.15, 0.2) is 0 Å². The van der Waals surface area contributed by atoms with Crippen molar-refractivity contribution in [2.45, 2.75) is 32.4 Å². The minimum absolute atomic E-state index is 0.0310. The van der Waals surface area contributed by atoms with Crippen molar-refractivity contribution >= 4 is 17.1 Å². The summed E-state index contributed by atoms with van der Waals surface area (Å²) in [6.45, 7) is 2.04. The fraction of sp³-hybridized carbons (Fsp3) is 0.312. The van der Waals surface area contributed by atoms with Crippen LogP contribution in [0.15, 0.2) is 36.4 Å². The third kappa shape index (κ3) is 4.43. The van der Waals surface area contributed by atoms with Crippen molar-refractivity contribution < 1.29 is 18.0 Å². The molecule has 2 rings (SSSR count). The molecular formula is C16H15F3OS. The molecule has 0 aliphatic heterocycles. The molecule has 0 atom stereocenters. The van der Waals surface area contributed by atoms with Crippen LogP contribution in [-0.2, 0) is 30.2 Å². The first-order valence-corrected chi connectivity index (χ1v) is 7.45. The molecule has 112 valence electrons. The van der Waals surface area contributed by atoms with Gasteiger partial charge in [-0.3, -0.25) is 4.79 Å². The van der Waals surface area contributed by atoms with Crippen LogP contribution in [0.4, 0.5) is 13.2 Å². The maximum atomic E-state index is 12.6. The maximum absolute atomic E-state index is 12.6. The summed E-state index contributed by atoms with van der Waals surface area (Å²) in [5.41, 5.74) is -0.306. The van der Waals surface area contributed by atoms with Gasteiger partial charge >= 0.3 is 6.18 Å². The zero-order valence-corrected chi connectivity index (χ0v) is 12.4. The first kappa shape index (κ1) is 15.8. The molecule has 0 saturated heterocycles. The van der Waals surface area contributed by atoms with E-state index in [2.05, 4.69) is 0 Å². The first-order valence-electron chi connectivity index (χ1n) is 6.64. The second kappa shape index (κ2) is 6.43. The van der Waals surface area contributed by atoms with Crippen LogP contribution in [0.25, 0.3) is 0 Å². The van der Waals surface area contributed by atoms with Gasteiger partial charge in [-0.15, -0.1) is 11.3 Å². The normalized spacial score (nSPS) is 11.6. The van der Waals surface area contributed by atoms with Crippen LogP contribution in [0.1, 0.15) is 27.8 Å². The van der Waals surface area contributed by atoms with E-state index in [1.165, 1.54) is 10.9 Å². The van der Waals surface area contributed by atoms with Gasteiger partial charge in [0.05, 0.1) is 5.56 Å². The summed E-state index contributed by atoms with van der Waals surface area (Å²) in [6, 6.07) is 8.85. The Labute approximate surface area is 125 Å². The number of thiophene rings is 1. The molecule has 0 unspecified atom stereocenters. The molecule has 2 aromatic rings. The lowest BCUT2D eigenvalue weighted by molar-refractivity contribution is -0.137. The number of hydrogen-bond acceptors (Lipinski definition) is 2. The Kier molecular flexibility index (Phi) is 4.83. The second-order valence-electron chi connectivity index (χ2n) is 4.81. The number of benzene rings is 1. The monoisotopic (exact) mass is 312 g/mol. The van der Waals surface area contributed by atoms with E-state index in [-0.39, 0.29) is 18.6 Å². The zero-order valence-electron chi connectivity index (χ0n) is 11.5. The van der Waals surface area contributed by atoms with Crippen LogP contribution in [0.3, 0.4) is 0 Å². The largest absolute Gasteiger partial charge is 0.416 e. The van der Waals surface area contributed by atoms with Gasteiger partial charge in [0.2, 0.25) is 0 Å². The molecule has 0 saturated carbocycles. The highest BCUT2D eigenvalue weighted by molar-refractivity contribution is 7.12. The third-order valence-corrected chi connectivity index (χ3v) is 4.32. The van der Waals surface area contributed by atoms with Crippen molar-refractivity contribution in [2.24, 2.45) is 0 Å². The lowest BCUT2D eigenvalue weighted by Gasteiger charge is -2.08. The van der Waals surface area contributed by atoms with Crippen molar-refractivity contribution in [2.75, 3.05) is 0 Å². The van der Waals surface area contributed by atoms with E-state index in [4.69, 9.17) is 0 Å². The van der Waals surface area contributed by atoms with Crippen LogP contribution >= 0.6 is 11.3 Å². The number of alkyl halides is 3. The Morgan fingerprint density at radius 2 is 1.81 bits per heavy atom. The molecule has 1 heterocycles. The average molecular weight is 312 g/mol. The molecule has 0 fully saturated rings. The predicted molar refractivity (Wildman–Crippen MR) is 77.6 cm³/mol. The average Bonchev–Trinajstić information content (AvgIpc) is 2.85. The molecule has 1 aromatic heterocycles. The van der Waals surface area contributed by atoms with Crippen LogP contribution in [-0.4, -0.2) is 5.78 Å². The van der Waals surface area contributed by atoms with Gasteiger partial charge in [0.1, 0.15) is 5.78 Å². The van der Waals surface area contributed by atoms with E-state index in [1.807, 2.05) is 19.1 Å². The van der Waals surface area contributed by atoms with Crippen LogP contribution in [0.2, 0.25) is 0 Å². The Hall–Kier alpha value is -1.62. The Morgan fingerprint density at radius 3 is 2.43 bits per heavy atom. The van der Waals surface area contributed by atoms with Crippen molar-refractivity contribution in [1.29, 1.82) is 0 Å². The summed E-state index contributed by atoms with van der Waals surface area (Å²) < 4.78 is 37.8. The molecule has 0 N–H and O–H groups in total. The maximum Gasteiger partial charge on any atom is 0.416 e. The number of ketones is 1. The number of rotatable bonds is 5. The Bertz CT molecular complexity index is 628. The van der Waals surface area contributed by atoms with E-state index in [0.717, 1.165) is 23.4 Å². The van der Waals surface area contributed by atoms with Crippen molar-refractivity contribution in [1.82, 2.24) is 0 Å². The van der Waals surface area contributed by atoms with E-state index < -0.39 is 11.7 Å². The fourth-order valence-corrected chi connectivity index (χ4v) is 3.04. The highest BCUT2D eigenvalue weighted by Crippen LogP contribution is 2.29. The zero-order chi connectivity index (χ0) is 15.5. The summed E-state index contributed by atoms with van der Waals surface area (Å²) >= 11 is 1.58. The third-order valence-electron chi connectivity index (χ3n) is 3.09. The number of hydrogen-bond donors (Lipinski definition) is 0. The van der Waals surface area contributed by atoms with Gasteiger partial charge in [-0.05, 0) is 30.2 Å². The smallest absolute Gasteiger partial charge is 0.299 e. The molecule has 0 aliphatic rings. The molecule has 0 bridgehead atoms. The SMILES string of the molecule is CCc1ccc(CC(=O)Cc2cccc(C(F)(F)F)c2)s1. The van der Waals surface area contributed by atoms with Crippen LogP contribution in [0.5, 0.6) is 0 Å². The molecule has 0 spiro atoms. The highest BCUT2D eigenvalue weighted by atomic mass is 32.1. The summed E-state index contributed by atoms with van der Waals surface area (Å²) in [5, 5.41) is 0. The predicted octanol–water partition coefficient (Wildman–Crippen LogP) is 4.68. The second-order valence-corrected chi connectivity index (χ2v) is 6.06. The van der Waals surface area contributed by atoms with Crippen molar-refractivity contribution in [3.05, 3.63) is 57.3 Å². The number of halogens is 3. The van der Waals surface area contributed by atoms with Crippen LogP contribution < -0.4 is 0 Å². The van der Waals surface area contributed by atoms with Crippen molar-refractivity contribution in [3.63, 3.8) is 0 Å². The first-order chi connectivity index (χ1) is 9.88. The minimum Gasteiger partial charge on any atom is -0.299 e. The summed E-state index contributed by atoms with van der Waals surface area (Å²) in [7, 11) is 0. The molecular weight excluding hydrogens is 297 g/mol. The number of Topliss-reactive ketones (excluding diaryl/α,β-unsaturated/α-hetero) is 1. The van der Waals surface area contributed by atoms with Gasteiger partial charge in [-0.2, -0.15) is 13.2 Å². The number of aryl methyl sites for hydroxylation is 1. The molecule has 0 amide bonds. The van der Waals surface area contributed by atoms with Gasteiger partial charge in [-0.25, -0.2) is 0 Å². The van der Waals surface area contributed by atoms with Gasteiger partial charge in [0.25, 0.3) is 0 Å². The minimum atomic E-state index is -4.37. The fourth-order valence-electron chi connectivity index (χ4n) is 2.05. The molecule has 1 nitrogen and oxygen atoms in total. The van der Waals surface area contributed by atoms with Gasteiger partial charge in [0, 0.05) is 22.6 Å². The van der Waals surface area contributed by atoms with E-state index in [1.54, 1.807) is 17.4 Å². The summed E-state index contributed by atoms with van der Waals surface area (Å²) in [6.07, 6.45) is -3.14. The topological polar surface area (TPSA) is 17.1 Å². The quantitative estimate of drug-likeness (QED) is 0.783. The standard InChI is InChI=1S/C16H15F3OS/c1-2-14-6-7-15(21-14)10-13(20)9-11-4-3-5-12(8-11)16(17,18)19/h3-8H,2,9-10H2,1H3. The Morgan fingerprint density at radius 1 is 1.10 bits per heavy atom. The van der Waals surface area contributed by atoms with Gasteiger partial charge in [-0.1, -0.05) is 25.1 Å². The molecule has 1 aromatic carbocycles. The number of carbonyl (C=O) groups is 1. The summed E-state index contributed by atoms with van der Waals surface area (Å²) in [5.74, 6) is -0.0705. The van der Waals surface area contributed by atoms with E-state index in [0.29, 0.717) is 5.56 Å². The highest BCUT2D eigenvalue weighted by Gasteiger charge is 2.30. The molecule has 0 aliphatic carbocycles. The summed E-state index contributed by atoms with van der Waals surface area (Å²) in [4.78, 5) is 14.1. The Balaban J connectivity index is 2.02. The lowest BCUT2D eigenvalue weighted by atomic mass is 10.0. The van der Waals surface area contributed by atoms with Crippen molar-refractivity contribution in [3.8, 4) is 0 Å². The molecule has 21 heavy (non-hydrogen) atoms.